The summed E-state index contributed by atoms with van der Waals surface area (Å²) in [5.74, 6) is 0.675. The molecule has 1 aromatic heterocycles. The third-order valence-corrected chi connectivity index (χ3v) is 5.27. The van der Waals surface area contributed by atoms with Crippen molar-refractivity contribution in [3.63, 3.8) is 0 Å². The highest BCUT2D eigenvalue weighted by atomic mass is 35.5. The van der Waals surface area contributed by atoms with Crippen LogP contribution in [-0.2, 0) is 0 Å². The molecule has 0 atom stereocenters. The van der Waals surface area contributed by atoms with Crippen molar-refractivity contribution in [1.82, 2.24) is 9.88 Å². The molecule has 2 aromatic carbocycles. The monoisotopic (exact) mass is 403 g/mol. The molecule has 0 radical (unpaired) electrons. The number of likely N-dealkylation sites (N-methyl/N-ethyl adjacent to an activating group) is 1. The van der Waals surface area contributed by atoms with E-state index in [-0.39, 0.29) is 5.91 Å². The summed E-state index contributed by atoms with van der Waals surface area (Å²) < 4.78 is 6.43. The SMILES string of the molecule is CCOc1ccc(C(=O)N(CCN(C)C)c2nc3ccc(Cl)cc3s2)cc1. The van der Waals surface area contributed by atoms with Crippen LogP contribution >= 0.6 is 22.9 Å². The molecule has 0 bridgehead atoms. The minimum Gasteiger partial charge on any atom is -0.494 e. The lowest BCUT2D eigenvalue weighted by Crippen LogP contribution is -2.36. The number of halogens is 1. The Hall–Kier alpha value is -2.15. The molecule has 5 nitrogen and oxygen atoms in total. The molecule has 27 heavy (non-hydrogen) atoms. The Morgan fingerprint density at radius 2 is 1.89 bits per heavy atom. The Morgan fingerprint density at radius 1 is 1.15 bits per heavy atom. The Labute approximate surface area is 168 Å². The predicted octanol–water partition coefficient (Wildman–Crippen LogP) is 4.56. The van der Waals surface area contributed by atoms with E-state index in [0.29, 0.717) is 28.9 Å². The van der Waals surface area contributed by atoms with Crippen molar-refractivity contribution >= 4 is 44.2 Å². The van der Waals surface area contributed by atoms with Crippen LogP contribution in [0.5, 0.6) is 5.75 Å². The Morgan fingerprint density at radius 3 is 2.56 bits per heavy atom. The number of nitrogens with zero attached hydrogens (tertiary/aromatic N) is 3. The van der Waals surface area contributed by atoms with E-state index in [2.05, 4.69) is 4.98 Å². The molecular formula is C20H22ClN3O2S. The van der Waals surface area contributed by atoms with Crippen molar-refractivity contribution in [2.75, 3.05) is 38.7 Å². The molecule has 0 N–H and O–H groups in total. The van der Waals surface area contributed by atoms with Crippen molar-refractivity contribution in [2.45, 2.75) is 6.92 Å². The zero-order valence-electron chi connectivity index (χ0n) is 15.6. The fraction of sp³-hybridized carbons (Fsp3) is 0.300. The van der Waals surface area contributed by atoms with Gasteiger partial charge >= 0.3 is 0 Å². The van der Waals surface area contributed by atoms with Crippen molar-refractivity contribution in [3.8, 4) is 5.75 Å². The number of carbonyl (C=O) groups excluding carboxylic acids is 1. The van der Waals surface area contributed by atoms with Crippen LogP contribution in [0.2, 0.25) is 5.02 Å². The fourth-order valence-corrected chi connectivity index (χ4v) is 3.87. The first-order chi connectivity index (χ1) is 13.0. The summed E-state index contributed by atoms with van der Waals surface area (Å²) in [6, 6.07) is 12.8. The number of amides is 1. The van der Waals surface area contributed by atoms with Gasteiger partial charge in [-0.3, -0.25) is 9.69 Å². The average molecular weight is 404 g/mol. The van der Waals surface area contributed by atoms with Gasteiger partial charge in [-0.05, 0) is 63.5 Å². The van der Waals surface area contributed by atoms with Gasteiger partial charge in [-0.15, -0.1) is 0 Å². The second kappa shape index (κ2) is 8.69. The number of benzene rings is 2. The number of thiazole rings is 1. The van der Waals surface area contributed by atoms with Crippen LogP contribution in [0.15, 0.2) is 42.5 Å². The molecule has 0 spiro atoms. The summed E-state index contributed by atoms with van der Waals surface area (Å²) in [5.41, 5.74) is 1.45. The topological polar surface area (TPSA) is 45.7 Å². The van der Waals surface area contributed by atoms with Gasteiger partial charge in [-0.25, -0.2) is 4.98 Å². The predicted molar refractivity (Wildman–Crippen MR) is 112 cm³/mol. The highest BCUT2D eigenvalue weighted by Crippen LogP contribution is 2.31. The zero-order chi connectivity index (χ0) is 19.4. The molecule has 1 heterocycles. The number of aromatic nitrogens is 1. The molecule has 3 rings (SSSR count). The van der Waals surface area contributed by atoms with Gasteiger partial charge in [0.15, 0.2) is 5.13 Å². The summed E-state index contributed by atoms with van der Waals surface area (Å²) in [6.45, 7) is 3.81. The second-order valence-corrected chi connectivity index (χ2v) is 7.77. The Balaban J connectivity index is 1.92. The lowest BCUT2D eigenvalue weighted by atomic mass is 10.2. The van der Waals surface area contributed by atoms with E-state index in [4.69, 9.17) is 16.3 Å². The quantitative estimate of drug-likeness (QED) is 0.580. The van der Waals surface area contributed by atoms with Crippen molar-refractivity contribution in [1.29, 1.82) is 0 Å². The maximum absolute atomic E-state index is 13.2. The first-order valence-corrected chi connectivity index (χ1v) is 9.93. The standard InChI is InChI=1S/C20H22ClN3O2S/c1-4-26-16-8-5-14(6-9-16)19(25)24(12-11-23(2)3)20-22-17-10-7-15(21)13-18(17)27-20/h5-10,13H,4,11-12H2,1-3H3. The van der Waals surface area contributed by atoms with Crippen LogP contribution in [-0.4, -0.2) is 49.6 Å². The highest BCUT2D eigenvalue weighted by Gasteiger charge is 2.21. The minimum atomic E-state index is -0.0787. The molecule has 7 heteroatoms. The van der Waals surface area contributed by atoms with Crippen molar-refractivity contribution < 1.29 is 9.53 Å². The summed E-state index contributed by atoms with van der Waals surface area (Å²) >= 11 is 7.56. The number of fused-ring (bicyclic) bond motifs is 1. The van der Waals surface area contributed by atoms with E-state index in [9.17, 15) is 4.79 Å². The molecule has 0 aliphatic rings. The van der Waals surface area contributed by atoms with E-state index in [1.165, 1.54) is 11.3 Å². The molecular weight excluding hydrogens is 382 g/mol. The molecule has 0 saturated carbocycles. The Bertz CT molecular complexity index is 925. The van der Waals surface area contributed by atoms with Gasteiger partial charge in [0.25, 0.3) is 5.91 Å². The van der Waals surface area contributed by atoms with E-state index in [0.717, 1.165) is 22.5 Å². The average Bonchev–Trinajstić information content (AvgIpc) is 3.05. The lowest BCUT2D eigenvalue weighted by molar-refractivity contribution is 0.0985. The molecule has 142 valence electrons. The van der Waals surface area contributed by atoms with E-state index in [1.807, 2.05) is 56.3 Å². The summed E-state index contributed by atoms with van der Waals surface area (Å²) in [4.78, 5) is 21.6. The zero-order valence-corrected chi connectivity index (χ0v) is 17.2. The van der Waals surface area contributed by atoms with Gasteiger partial charge in [0.2, 0.25) is 0 Å². The first-order valence-electron chi connectivity index (χ1n) is 8.73. The van der Waals surface area contributed by atoms with Crippen LogP contribution in [0.1, 0.15) is 17.3 Å². The van der Waals surface area contributed by atoms with Crippen LogP contribution in [0.25, 0.3) is 10.2 Å². The Kier molecular flexibility index (Phi) is 6.31. The number of ether oxygens (including phenoxy) is 1. The minimum absolute atomic E-state index is 0.0787. The fourth-order valence-electron chi connectivity index (χ4n) is 2.60. The van der Waals surface area contributed by atoms with Gasteiger partial charge < -0.3 is 9.64 Å². The molecule has 1 amide bonds. The number of hydrogen-bond acceptors (Lipinski definition) is 5. The molecule has 0 unspecified atom stereocenters. The van der Waals surface area contributed by atoms with Gasteiger partial charge in [0.1, 0.15) is 5.75 Å². The van der Waals surface area contributed by atoms with E-state index in [1.54, 1.807) is 17.0 Å². The van der Waals surface area contributed by atoms with Gasteiger partial charge in [-0.1, -0.05) is 22.9 Å². The third-order valence-electron chi connectivity index (χ3n) is 4.00. The molecule has 0 aliphatic heterocycles. The number of anilines is 1. The molecule has 0 fully saturated rings. The van der Waals surface area contributed by atoms with E-state index >= 15 is 0 Å². The maximum Gasteiger partial charge on any atom is 0.260 e. The molecule has 0 saturated heterocycles. The normalized spacial score (nSPS) is 11.1. The van der Waals surface area contributed by atoms with Crippen LogP contribution < -0.4 is 9.64 Å². The van der Waals surface area contributed by atoms with Gasteiger partial charge in [0, 0.05) is 23.7 Å². The molecule has 3 aromatic rings. The number of rotatable bonds is 7. The number of carbonyl (C=O) groups is 1. The second-order valence-electron chi connectivity index (χ2n) is 6.33. The largest absolute Gasteiger partial charge is 0.494 e. The van der Waals surface area contributed by atoms with Crippen LogP contribution in [0.4, 0.5) is 5.13 Å². The van der Waals surface area contributed by atoms with E-state index < -0.39 is 0 Å². The maximum atomic E-state index is 13.2. The highest BCUT2D eigenvalue weighted by molar-refractivity contribution is 7.22. The third kappa shape index (κ3) is 4.77. The van der Waals surface area contributed by atoms with Gasteiger partial charge in [0.05, 0.1) is 16.8 Å². The molecule has 0 aliphatic carbocycles. The number of hydrogen-bond donors (Lipinski definition) is 0. The summed E-state index contributed by atoms with van der Waals surface area (Å²) in [7, 11) is 3.97. The van der Waals surface area contributed by atoms with Gasteiger partial charge in [-0.2, -0.15) is 0 Å². The lowest BCUT2D eigenvalue weighted by Gasteiger charge is -2.22. The van der Waals surface area contributed by atoms with Crippen molar-refractivity contribution in [3.05, 3.63) is 53.1 Å². The summed E-state index contributed by atoms with van der Waals surface area (Å²) in [6.07, 6.45) is 0. The van der Waals surface area contributed by atoms with Crippen LogP contribution in [0, 0.1) is 0 Å². The first kappa shape index (κ1) is 19.6. The van der Waals surface area contributed by atoms with Crippen molar-refractivity contribution in [2.24, 2.45) is 0 Å². The van der Waals surface area contributed by atoms with Crippen LogP contribution in [0.3, 0.4) is 0 Å². The smallest absolute Gasteiger partial charge is 0.260 e. The summed E-state index contributed by atoms with van der Waals surface area (Å²) in [5, 5.41) is 1.34.